The topological polar surface area (TPSA) is 99.1 Å². The molecule has 0 saturated carbocycles. The molecule has 1 fully saturated rings. The molecule has 0 bridgehead atoms. The number of carbonyl (C=O) groups excluding carboxylic acids is 1. The Bertz CT molecular complexity index is 867. The van der Waals surface area contributed by atoms with Gasteiger partial charge in [0.25, 0.3) is 0 Å². The number of sulfonamides is 1. The summed E-state index contributed by atoms with van der Waals surface area (Å²) < 4.78 is 39.8. The molecular formula is C16H17ClFN3O3S. The van der Waals surface area contributed by atoms with E-state index in [9.17, 15) is 22.9 Å². The Labute approximate surface area is 150 Å². The molecule has 0 amide bonds. The summed E-state index contributed by atoms with van der Waals surface area (Å²) in [5, 5.41) is 12.1. The maximum absolute atomic E-state index is 14.2. The van der Waals surface area contributed by atoms with Crippen molar-refractivity contribution in [1.29, 1.82) is 5.26 Å². The number of rotatable bonds is 5. The second-order valence-corrected chi connectivity index (χ2v) is 7.91. The van der Waals surface area contributed by atoms with Gasteiger partial charge in [-0.3, -0.25) is 9.52 Å². The third-order valence-corrected chi connectivity index (χ3v) is 5.38. The highest BCUT2D eigenvalue weighted by molar-refractivity contribution is 7.92. The molecule has 0 radical (unpaired) electrons. The lowest BCUT2D eigenvalue weighted by molar-refractivity contribution is 0.103. The molecule has 0 aromatic heterocycles. The van der Waals surface area contributed by atoms with E-state index in [1.807, 2.05) is 6.07 Å². The van der Waals surface area contributed by atoms with Gasteiger partial charge in [-0.05, 0) is 38.3 Å². The molecule has 1 saturated heterocycles. The Morgan fingerprint density at radius 2 is 2.16 bits per heavy atom. The van der Waals surface area contributed by atoms with Gasteiger partial charge in [0.15, 0.2) is 0 Å². The fraction of sp³-hybridized carbons (Fsp3) is 0.375. The monoisotopic (exact) mass is 385 g/mol. The number of Topliss-reactive ketones (excluding diaryl/α,β-unsaturated/α-hetero) is 1. The van der Waals surface area contributed by atoms with Crippen molar-refractivity contribution in [2.24, 2.45) is 0 Å². The Morgan fingerprint density at radius 3 is 2.72 bits per heavy atom. The van der Waals surface area contributed by atoms with Crippen molar-refractivity contribution < 1.29 is 17.6 Å². The largest absolute Gasteiger partial charge is 0.387 e. The molecule has 134 valence electrons. The highest BCUT2D eigenvalue weighted by Gasteiger charge is 2.24. The van der Waals surface area contributed by atoms with Crippen LogP contribution < -0.4 is 10.0 Å². The number of piperidine rings is 1. The zero-order chi connectivity index (χ0) is 18.6. The van der Waals surface area contributed by atoms with E-state index in [1.54, 1.807) is 0 Å². The van der Waals surface area contributed by atoms with Crippen molar-refractivity contribution in [3.05, 3.63) is 39.8 Å². The number of nitriles is 1. The predicted molar refractivity (Wildman–Crippen MR) is 93.3 cm³/mol. The summed E-state index contributed by atoms with van der Waals surface area (Å²) >= 11 is 5.86. The molecule has 6 nitrogen and oxygen atoms in total. The first kappa shape index (κ1) is 19.2. The molecule has 1 aliphatic heterocycles. The van der Waals surface area contributed by atoms with Gasteiger partial charge in [0.2, 0.25) is 15.8 Å². The van der Waals surface area contributed by atoms with Crippen LogP contribution in [0, 0.1) is 17.1 Å². The number of hydrogen-bond acceptors (Lipinski definition) is 5. The number of nitrogens with zero attached hydrogens (tertiary/aromatic N) is 1. The third-order valence-electron chi connectivity index (χ3n) is 3.78. The Kier molecular flexibility index (Phi) is 6.03. The van der Waals surface area contributed by atoms with Gasteiger partial charge in [0.05, 0.1) is 22.0 Å². The standard InChI is InChI=1S/C16H17ClFN3O3S/c1-2-25(23,24)21-15-7-10(13(18)8-12(15)17)16(22)11(9-19)14-5-3-4-6-20-14/h7-8,20-21H,2-6H2,1H3/b14-11-. The first-order valence-corrected chi connectivity index (χ1v) is 9.73. The van der Waals surface area contributed by atoms with Crippen molar-refractivity contribution in [3.8, 4) is 6.07 Å². The zero-order valence-corrected chi connectivity index (χ0v) is 15.1. The quantitative estimate of drug-likeness (QED) is 0.461. The lowest BCUT2D eigenvalue weighted by atomic mass is 9.97. The van der Waals surface area contributed by atoms with E-state index in [0.29, 0.717) is 18.7 Å². The summed E-state index contributed by atoms with van der Waals surface area (Å²) in [6.45, 7) is 2.07. The minimum absolute atomic E-state index is 0.104. The van der Waals surface area contributed by atoms with E-state index in [4.69, 9.17) is 11.6 Å². The molecule has 2 rings (SSSR count). The van der Waals surface area contributed by atoms with Crippen LogP contribution in [0.1, 0.15) is 36.5 Å². The van der Waals surface area contributed by atoms with E-state index in [0.717, 1.165) is 25.0 Å². The van der Waals surface area contributed by atoms with Crippen LogP contribution in [0.3, 0.4) is 0 Å². The predicted octanol–water partition coefficient (Wildman–Crippen LogP) is 2.97. The molecule has 0 spiro atoms. The van der Waals surface area contributed by atoms with E-state index in [1.165, 1.54) is 6.92 Å². The second kappa shape index (κ2) is 7.85. The number of halogens is 2. The van der Waals surface area contributed by atoms with Crippen LogP contribution >= 0.6 is 11.6 Å². The number of anilines is 1. The molecule has 1 aliphatic rings. The molecule has 9 heteroatoms. The number of ketones is 1. The minimum Gasteiger partial charge on any atom is -0.387 e. The highest BCUT2D eigenvalue weighted by Crippen LogP contribution is 2.28. The highest BCUT2D eigenvalue weighted by atomic mass is 35.5. The minimum atomic E-state index is -3.65. The van der Waals surface area contributed by atoms with E-state index >= 15 is 0 Å². The maximum atomic E-state index is 14.2. The average molecular weight is 386 g/mol. The second-order valence-electron chi connectivity index (χ2n) is 5.50. The van der Waals surface area contributed by atoms with E-state index in [-0.39, 0.29) is 22.0 Å². The zero-order valence-electron chi connectivity index (χ0n) is 13.5. The van der Waals surface area contributed by atoms with Crippen LogP contribution in [0.15, 0.2) is 23.4 Å². The molecular weight excluding hydrogens is 369 g/mol. The summed E-state index contributed by atoms with van der Waals surface area (Å²) in [6.07, 6.45) is 2.28. The number of benzene rings is 1. The van der Waals surface area contributed by atoms with Crippen LogP contribution in [0.25, 0.3) is 0 Å². The lowest BCUT2D eigenvalue weighted by Crippen LogP contribution is -2.24. The molecule has 1 aromatic carbocycles. The fourth-order valence-electron chi connectivity index (χ4n) is 2.40. The number of nitrogens with one attached hydrogen (secondary N) is 2. The fourth-order valence-corrected chi connectivity index (χ4v) is 3.30. The van der Waals surface area contributed by atoms with Crippen molar-refractivity contribution in [3.63, 3.8) is 0 Å². The van der Waals surface area contributed by atoms with Gasteiger partial charge in [0, 0.05) is 12.2 Å². The van der Waals surface area contributed by atoms with Gasteiger partial charge < -0.3 is 5.32 Å². The van der Waals surface area contributed by atoms with Gasteiger partial charge in [0.1, 0.15) is 17.5 Å². The average Bonchev–Trinajstić information content (AvgIpc) is 2.58. The molecule has 0 atom stereocenters. The van der Waals surface area contributed by atoms with Crippen LogP contribution in [-0.2, 0) is 10.0 Å². The summed E-state index contributed by atoms with van der Waals surface area (Å²) in [5.41, 5.74) is -0.212. The van der Waals surface area contributed by atoms with Crippen molar-refractivity contribution >= 4 is 33.1 Å². The SMILES string of the molecule is CCS(=O)(=O)Nc1cc(C(=O)/C(C#N)=C2/CCCCN2)c(F)cc1Cl. The summed E-state index contributed by atoms with van der Waals surface area (Å²) in [7, 11) is -3.65. The van der Waals surface area contributed by atoms with Gasteiger partial charge in [-0.1, -0.05) is 11.6 Å². The van der Waals surface area contributed by atoms with Crippen LogP contribution in [0.5, 0.6) is 0 Å². The van der Waals surface area contributed by atoms with Crippen LogP contribution in [0.4, 0.5) is 10.1 Å². The first-order valence-electron chi connectivity index (χ1n) is 7.70. The summed E-state index contributed by atoms with van der Waals surface area (Å²) in [6, 6.07) is 3.70. The van der Waals surface area contributed by atoms with Gasteiger partial charge in [-0.2, -0.15) is 5.26 Å². The molecule has 1 heterocycles. The first-order chi connectivity index (χ1) is 11.8. The molecule has 0 unspecified atom stereocenters. The number of carbonyl (C=O) groups is 1. The van der Waals surface area contributed by atoms with Crippen LogP contribution in [-0.4, -0.2) is 26.5 Å². The van der Waals surface area contributed by atoms with Crippen molar-refractivity contribution in [1.82, 2.24) is 5.32 Å². The van der Waals surface area contributed by atoms with E-state index < -0.39 is 27.2 Å². The molecule has 0 aliphatic carbocycles. The van der Waals surface area contributed by atoms with Gasteiger partial charge in [-0.15, -0.1) is 0 Å². The molecule has 25 heavy (non-hydrogen) atoms. The number of hydrogen-bond donors (Lipinski definition) is 2. The Hall–Kier alpha value is -2.11. The molecule has 2 N–H and O–H groups in total. The third kappa shape index (κ3) is 4.50. The Morgan fingerprint density at radius 1 is 1.44 bits per heavy atom. The molecule has 1 aromatic rings. The van der Waals surface area contributed by atoms with Crippen LogP contribution in [0.2, 0.25) is 5.02 Å². The smallest absolute Gasteiger partial charge is 0.232 e. The van der Waals surface area contributed by atoms with E-state index in [2.05, 4.69) is 10.0 Å². The normalized spacial score (nSPS) is 16.6. The van der Waals surface area contributed by atoms with Crippen molar-refractivity contribution in [2.45, 2.75) is 26.2 Å². The number of allylic oxidation sites excluding steroid dienone is 2. The van der Waals surface area contributed by atoms with Gasteiger partial charge in [-0.25, -0.2) is 12.8 Å². The Balaban J connectivity index is 2.47. The lowest BCUT2D eigenvalue weighted by Gasteiger charge is -2.18. The van der Waals surface area contributed by atoms with Gasteiger partial charge >= 0.3 is 0 Å². The summed E-state index contributed by atoms with van der Waals surface area (Å²) in [5.74, 6) is -1.93. The summed E-state index contributed by atoms with van der Waals surface area (Å²) in [4.78, 5) is 12.6. The maximum Gasteiger partial charge on any atom is 0.232 e. The van der Waals surface area contributed by atoms with Crippen molar-refractivity contribution in [2.75, 3.05) is 17.0 Å².